The number of primary amides is 1. The summed E-state index contributed by atoms with van der Waals surface area (Å²) in [6, 6.07) is 5.48. The molecule has 1 atom stereocenters. The Kier molecular flexibility index (Phi) is 4.11. The first kappa shape index (κ1) is 12.0. The van der Waals surface area contributed by atoms with Crippen LogP contribution in [0.4, 0.5) is 5.69 Å². The second-order valence-electron chi connectivity index (χ2n) is 3.34. The molecule has 0 radical (unpaired) electrons. The molecule has 0 bridgehead atoms. The van der Waals surface area contributed by atoms with Crippen LogP contribution >= 0.6 is 15.9 Å². The highest BCUT2D eigenvalue weighted by Crippen LogP contribution is 2.21. The van der Waals surface area contributed by atoms with Gasteiger partial charge in [0.1, 0.15) is 0 Å². The molecule has 1 rings (SSSR count). The molecule has 0 spiro atoms. The summed E-state index contributed by atoms with van der Waals surface area (Å²) in [7, 11) is 0. The van der Waals surface area contributed by atoms with E-state index >= 15 is 0 Å². The van der Waals surface area contributed by atoms with Crippen molar-refractivity contribution in [3.8, 4) is 0 Å². The Morgan fingerprint density at radius 1 is 1.60 bits per heavy atom. The van der Waals surface area contributed by atoms with Gasteiger partial charge in [-0.05, 0) is 41.1 Å². The molecule has 0 aliphatic heterocycles. The van der Waals surface area contributed by atoms with Gasteiger partial charge >= 0.3 is 0 Å². The van der Waals surface area contributed by atoms with Gasteiger partial charge in [-0.25, -0.2) is 0 Å². The summed E-state index contributed by atoms with van der Waals surface area (Å²) in [6.45, 7) is 2.53. The van der Waals surface area contributed by atoms with E-state index in [1.54, 1.807) is 12.1 Å². The van der Waals surface area contributed by atoms with Crippen LogP contribution in [0.25, 0.3) is 0 Å². The van der Waals surface area contributed by atoms with E-state index in [1.807, 2.05) is 13.0 Å². The van der Waals surface area contributed by atoms with Gasteiger partial charge in [0.15, 0.2) is 0 Å². The molecule has 1 aromatic carbocycles. The first-order chi connectivity index (χ1) is 7.04. The first-order valence-corrected chi connectivity index (χ1v) is 5.40. The lowest BCUT2D eigenvalue weighted by Crippen LogP contribution is -2.25. The number of anilines is 1. The number of amides is 1. The standard InChI is InChI=1S/C10H14BrN3O/c1-6(5-12)14-7-2-3-8(10(13)15)9(11)4-7/h2-4,6,14H,5,12H2,1H3,(H2,13,15). The Morgan fingerprint density at radius 2 is 2.27 bits per heavy atom. The number of carbonyl (C=O) groups is 1. The van der Waals surface area contributed by atoms with Crippen LogP contribution in [-0.4, -0.2) is 18.5 Å². The number of nitrogens with one attached hydrogen (secondary N) is 1. The minimum absolute atomic E-state index is 0.191. The van der Waals surface area contributed by atoms with Gasteiger partial charge in [0, 0.05) is 22.7 Å². The molecule has 0 aromatic heterocycles. The lowest BCUT2D eigenvalue weighted by atomic mass is 10.2. The van der Waals surface area contributed by atoms with E-state index in [0.717, 1.165) is 5.69 Å². The molecule has 0 fully saturated rings. The minimum atomic E-state index is -0.444. The van der Waals surface area contributed by atoms with Crippen molar-refractivity contribution in [2.75, 3.05) is 11.9 Å². The van der Waals surface area contributed by atoms with Crippen molar-refractivity contribution in [3.63, 3.8) is 0 Å². The molecule has 1 unspecified atom stereocenters. The quantitative estimate of drug-likeness (QED) is 0.772. The maximum Gasteiger partial charge on any atom is 0.249 e. The molecular formula is C10H14BrN3O. The zero-order chi connectivity index (χ0) is 11.4. The zero-order valence-corrected chi connectivity index (χ0v) is 10.0. The largest absolute Gasteiger partial charge is 0.381 e. The Morgan fingerprint density at radius 3 is 2.73 bits per heavy atom. The smallest absolute Gasteiger partial charge is 0.249 e. The van der Waals surface area contributed by atoms with Gasteiger partial charge in [-0.2, -0.15) is 0 Å². The Labute approximate surface area is 97.1 Å². The van der Waals surface area contributed by atoms with Crippen LogP contribution in [0.3, 0.4) is 0 Å². The number of nitrogens with two attached hydrogens (primary N) is 2. The molecule has 15 heavy (non-hydrogen) atoms. The molecule has 1 aromatic rings. The Hall–Kier alpha value is -1.07. The summed E-state index contributed by atoms with van der Waals surface area (Å²) in [6.07, 6.45) is 0. The zero-order valence-electron chi connectivity index (χ0n) is 8.46. The summed E-state index contributed by atoms with van der Waals surface area (Å²) in [5, 5.41) is 3.19. The summed E-state index contributed by atoms with van der Waals surface area (Å²) in [4.78, 5) is 11.0. The van der Waals surface area contributed by atoms with Crippen molar-refractivity contribution in [2.24, 2.45) is 11.5 Å². The molecule has 1 amide bonds. The van der Waals surface area contributed by atoms with Crippen molar-refractivity contribution in [1.82, 2.24) is 0 Å². The number of halogens is 1. The SMILES string of the molecule is CC(CN)Nc1ccc(C(N)=O)c(Br)c1. The highest BCUT2D eigenvalue weighted by atomic mass is 79.9. The van der Waals surface area contributed by atoms with Gasteiger partial charge in [0.25, 0.3) is 0 Å². The topological polar surface area (TPSA) is 81.1 Å². The number of benzene rings is 1. The molecule has 0 aliphatic carbocycles. The monoisotopic (exact) mass is 271 g/mol. The molecule has 0 saturated carbocycles. The van der Waals surface area contributed by atoms with Crippen LogP contribution < -0.4 is 16.8 Å². The van der Waals surface area contributed by atoms with Crippen LogP contribution in [0.2, 0.25) is 0 Å². The Balaban J connectivity index is 2.87. The fraction of sp³-hybridized carbons (Fsp3) is 0.300. The maximum atomic E-state index is 11.0. The number of carbonyl (C=O) groups excluding carboxylic acids is 1. The van der Waals surface area contributed by atoms with Crippen LogP contribution in [-0.2, 0) is 0 Å². The van der Waals surface area contributed by atoms with Gasteiger partial charge in [-0.1, -0.05) is 0 Å². The van der Waals surface area contributed by atoms with Crippen LogP contribution in [0.1, 0.15) is 17.3 Å². The van der Waals surface area contributed by atoms with Gasteiger partial charge < -0.3 is 16.8 Å². The first-order valence-electron chi connectivity index (χ1n) is 4.60. The maximum absolute atomic E-state index is 11.0. The molecule has 0 aliphatic rings. The fourth-order valence-corrected chi connectivity index (χ4v) is 1.72. The van der Waals surface area contributed by atoms with E-state index in [1.165, 1.54) is 0 Å². The summed E-state index contributed by atoms with van der Waals surface area (Å²) < 4.78 is 0.684. The Bertz CT molecular complexity index is 368. The minimum Gasteiger partial charge on any atom is -0.381 e. The van der Waals surface area contributed by atoms with E-state index in [9.17, 15) is 4.79 Å². The van der Waals surface area contributed by atoms with E-state index in [2.05, 4.69) is 21.2 Å². The molecular weight excluding hydrogens is 258 g/mol. The van der Waals surface area contributed by atoms with Crippen LogP contribution in [0.5, 0.6) is 0 Å². The third-order valence-electron chi connectivity index (χ3n) is 2.00. The summed E-state index contributed by atoms with van der Waals surface area (Å²) >= 11 is 3.29. The van der Waals surface area contributed by atoms with Crippen molar-refractivity contribution < 1.29 is 4.79 Å². The van der Waals surface area contributed by atoms with E-state index < -0.39 is 5.91 Å². The predicted molar refractivity (Wildman–Crippen MR) is 64.8 cm³/mol. The molecule has 5 heteroatoms. The molecule has 82 valence electrons. The predicted octanol–water partition coefficient (Wildman–Crippen LogP) is 1.31. The van der Waals surface area contributed by atoms with E-state index in [4.69, 9.17) is 11.5 Å². The lowest BCUT2D eigenvalue weighted by molar-refractivity contribution is 0.0999. The average molecular weight is 272 g/mol. The normalized spacial score (nSPS) is 12.2. The van der Waals surface area contributed by atoms with Gasteiger partial charge in [-0.3, -0.25) is 4.79 Å². The van der Waals surface area contributed by atoms with E-state index in [-0.39, 0.29) is 6.04 Å². The third-order valence-corrected chi connectivity index (χ3v) is 2.66. The van der Waals surface area contributed by atoms with Gasteiger partial charge in [-0.15, -0.1) is 0 Å². The van der Waals surface area contributed by atoms with Crippen LogP contribution in [0, 0.1) is 0 Å². The lowest BCUT2D eigenvalue weighted by Gasteiger charge is -2.13. The molecule has 0 heterocycles. The van der Waals surface area contributed by atoms with E-state index in [0.29, 0.717) is 16.6 Å². The van der Waals surface area contributed by atoms with Gasteiger partial charge in [0.2, 0.25) is 5.91 Å². The van der Waals surface area contributed by atoms with Crippen molar-refractivity contribution in [2.45, 2.75) is 13.0 Å². The average Bonchev–Trinajstić information content (AvgIpc) is 2.17. The summed E-state index contributed by atoms with van der Waals surface area (Å²) in [5.41, 5.74) is 12.1. The fourth-order valence-electron chi connectivity index (χ4n) is 1.15. The highest BCUT2D eigenvalue weighted by Gasteiger charge is 2.07. The number of hydrogen-bond acceptors (Lipinski definition) is 3. The van der Waals surface area contributed by atoms with Crippen molar-refractivity contribution >= 4 is 27.5 Å². The number of hydrogen-bond donors (Lipinski definition) is 3. The molecule has 5 N–H and O–H groups in total. The molecule has 0 saturated heterocycles. The highest BCUT2D eigenvalue weighted by molar-refractivity contribution is 9.10. The van der Waals surface area contributed by atoms with Crippen LogP contribution in [0.15, 0.2) is 22.7 Å². The third kappa shape index (κ3) is 3.21. The summed E-state index contributed by atoms with van der Waals surface area (Å²) in [5.74, 6) is -0.444. The second-order valence-corrected chi connectivity index (χ2v) is 4.19. The van der Waals surface area contributed by atoms with Gasteiger partial charge in [0.05, 0.1) is 5.56 Å². The van der Waals surface area contributed by atoms with Crippen molar-refractivity contribution in [1.29, 1.82) is 0 Å². The number of rotatable bonds is 4. The van der Waals surface area contributed by atoms with Crippen molar-refractivity contribution in [3.05, 3.63) is 28.2 Å². The molecule has 4 nitrogen and oxygen atoms in total. The second kappa shape index (κ2) is 5.14.